The minimum atomic E-state index is -4.65. The third-order valence-electron chi connectivity index (χ3n) is 3.17. The molecule has 3 N–H and O–H groups in total. The number of rotatable bonds is 5. The molecule has 0 aliphatic carbocycles. The summed E-state index contributed by atoms with van der Waals surface area (Å²) >= 11 is 0.779. The highest BCUT2D eigenvalue weighted by atomic mass is 32.2. The second kappa shape index (κ2) is 7.25. The van der Waals surface area contributed by atoms with E-state index in [0.29, 0.717) is 0 Å². The maximum Gasteiger partial charge on any atom is 0.451 e. The van der Waals surface area contributed by atoms with Crippen LogP contribution in [0.1, 0.15) is 12.7 Å². The number of nitrogens with two attached hydrogens (primary N) is 1. The van der Waals surface area contributed by atoms with Gasteiger partial charge in [0, 0.05) is 12.7 Å². The van der Waals surface area contributed by atoms with E-state index in [2.05, 4.69) is 15.5 Å². The summed E-state index contributed by atoms with van der Waals surface area (Å²) < 4.78 is 61.5. The lowest BCUT2D eigenvalue weighted by Gasteiger charge is -2.12. The van der Waals surface area contributed by atoms with E-state index in [-0.39, 0.29) is 15.7 Å². The van der Waals surface area contributed by atoms with Crippen molar-refractivity contribution < 1.29 is 26.4 Å². The van der Waals surface area contributed by atoms with Crippen molar-refractivity contribution >= 4 is 33.4 Å². The number of sulfonamides is 1. The molecule has 2 rings (SSSR count). The lowest BCUT2D eigenvalue weighted by Crippen LogP contribution is -2.23. The van der Waals surface area contributed by atoms with Gasteiger partial charge in [-0.05, 0) is 25.1 Å². The third-order valence-corrected chi connectivity index (χ3v) is 5.21. The van der Waals surface area contributed by atoms with E-state index >= 15 is 0 Å². The monoisotopic (exact) mass is 409 g/mol. The van der Waals surface area contributed by atoms with Crippen LogP contribution in [0.5, 0.6) is 0 Å². The molecule has 0 saturated carbocycles. The maximum absolute atomic E-state index is 12.7. The van der Waals surface area contributed by atoms with Crippen LogP contribution in [0.25, 0.3) is 0 Å². The van der Waals surface area contributed by atoms with E-state index in [4.69, 9.17) is 5.14 Å². The Morgan fingerprint density at radius 2 is 2.00 bits per heavy atom. The van der Waals surface area contributed by atoms with Gasteiger partial charge in [0.2, 0.25) is 21.8 Å². The van der Waals surface area contributed by atoms with Gasteiger partial charge in [0.25, 0.3) is 0 Å². The normalized spacial score (nSPS) is 13.5. The summed E-state index contributed by atoms with van der Waals surface area (Å²) in [6.45, 7) is 1.46. The van der Waals surface area contributed by atoms with Crippen LogP contribution in [0.4, 0.5) is 18.9 Å². The predicted molar refractivity (Wildman–Crippen MR) is 87.8 cm³/mol. The van der Waals surface area contributed by atoms with Gasteiger partial charge in [0.15, 0.2) is 5.16 Å². The Morgan fingerprint density at radius 3 is 2.54 bits per heavy atom. The van der Waals surface area contributed by atoms with Gasteiger partial charge < -0.3 is 9.88 Å². The summed E-state index contributed by atoms with van der Waals surface area (Å²) in [5.41, 5.74) is 0.183. The summed E-state index contributed by atoms with van der Waals surface area (Å²) in [5, 5.41) is 13.1. The standard InChI is InChI=1S/C13H14F3N5O3S2/c1-7(25-12-20-19-11(21(12)2)13(14,15)16)10(22)18-8-4-3-5-9(6-8)26(17,23)24/h3-7H,1-2H3,(H,18,22)(H2,17,23,24)/t7-/m1/s1. The quantitative estimate of drug-likeness (QED) is 0.724. The summed E-state index contributed by atoms with van der Waals surface area (Å²) in [5.74, 6) is -1.73. The number of alkyl halides is 3. The van der Waals surface area contributed by atoms with Crippen molar-refractivity contribution in [3.63, 3.8) is 0 Å². The zero-order chi connectivity index (χ0) is 19.7. The van der Waals surface area contributed by atoms with Crippen LogP contribution in [0.3, 0.4) is 0 Å². The molecule has 0 spiro atoms. The van der Waals surface area contributed by atoms with E-state index < -0.39 is 33.2 Å². The van der Waals surface area contributed by atoms with Crippen molar-refractivity contribution in [2.45, 2.75) is 28.4 Å². The van der Waals surface area contributed by atoms with Crippen molar-refractivity contribution in [1.29, 1.82) is 0 Å². The number of hydrogen-bond donors (Lipinski definition) is 2. The Hall–Kier alpha value is -2.12. The summed E-state index contributed by atoms with van der Waals surface area (Å²) in [6.07, 6.45) is -4.65. The van der Waals surface area contributed by atoms with Crippen molar-refractivity contribution in [1.82, 2.24) is 14.8 Å². The van der Waals surface area contributed by atoms with Gasteiger partial charge in [-0.25, -0.2) is 13.6 Å². The van der Waals surface area contributed by atoms with Crippen molar-refractivity contribution in [2.24, 2.45) is 12.2 Å². The average Bonchev–Trinajstić information content (AvgIpc) is 2.87. The van der Waals surface area contributed by atoms with Crippen LogP contribution >= 0.6 is 11.8 Å². The second-order valence-electron chi connectivity index (χ2n) is 5.19. The fraction of sp³-hybridized carbons (Fsp3) is 0.308. The highest BCUT2D eigenvalue weighted by Crippen LogP contribution is 2.31. The SMILES string of the molecule is C[C@@H](Sc1nnc(C(F)(F)F)n1C)C(=O)Nc1cccc(S(N)(=O)=O)c1. The third kappa shape index (κ3) is 4.74. The Labute approximate surface area is 151 Å². The average molecular weight is 409 g/mol. The number of amides is 1. The summed E-state index contributed by atoms with van der Waals surface area (Å²) in [4.78, 5) is 12.0. The number of anilines is 1. The zero-order valence-corrected chi connectivity index (χ0v) is 15.1. The fourth-order valence-electron chi connectivity index (χ4n) is 1.87. The molecule has 1 atom stereocenters. The van der Waals surface area contributed by atoms with E-state index in [1.165, 1.54) is 31.2 Å². The topological polar surface area (TPSA) is 120 Å². The molecule has 0 unspecified atom stereocenters. The van der Waals surface area contributed by atoms with Crippen LogP contribution in [0.2, 0.25) is 0 Å². The lowest BCUT2D eigenvalue weighted by atomic mass is 10.3. The molecule has 1 amide bonds. The second-order valence-corrected chi connectivity index (χ2v) is 8.05. The highest BCUT2D eigenvalue weighted by Gasteiger charge is 2.37. The van der Waals surface area contributed by atoms with E-state index in [9.17, 15) is 26.4 Å². The van der Waals surface area contributed by atoms with Gasteiger partial charge in [-0.15, -0.1) is 10.2 Å². The molecule has 8 nitrogen and oxygen atoms in total. The number of carbonyl (C=O) groups excluding carboxylic acids is 1. The Balaban J connectivity index is 2.11. The number of benzene rings is 1. The van der Waals surface area contributed by atoms with Gasteiger partial charge in [-0.2, -0.15) is 13.2 Å². The van der Waals surface area contributed by atoms with Crippen LogP contribution in [0.15, 0.2) is 34.3 Å². The molecule has 0 aliphatic heterocycles. The molecule has 0 bridgehead atoms. The van der Waals surface area contributed by atoms with Crippen LogP contribution in [-0.4, -0.2) is 34.3 Å². The van der Waals surface area contributed by atoms with Gasteiger partial charge in [0.05, 0.1) is 10.1 Å². The largest absolute Gasteiger partial charge is 0.451 e. The molecule has 0 aliphatic rings. The minimum Gasteiger partial charge on any atom is -0.325 e. The Bertz CT molecular complexity index is 927. The number of thioether (sulfide) groups is 1. The number of hydrogen-bond acceptors (Lipinski definition) is 6. The van der Waals surface area contributed by atoms with E-state index in [1.807, 2.05) is 0 Å². The molecular weight excluding hydrogens is 395 g/mol. The number of nitrogens with one attached hydrogen (secondary N) is 1. The molecule has 0 fully saturated rings. The Morgan fingerprint density at radius 1 is 1.35 bits per heavy atom. The van der Waals surface area contributed by atoms with Crippen LogP contribution in [-0.2, 0) is 28.0 Å². The molecule has 13 heteroatoms. The van der Waals surface area contributed by atoms with E-state index in [0.717, 1.165) is 23.4 Å². The number of primary sulfonamides is 1. The van der Waals surface area contributed by atoms with Gasteiger partial charge in [-0.3, -0.25) is 4.79 Å². The first-order chi connectivity index (χ1) is 11.9. The first kappa shape index (κ1) is 20.2. The molecule has 0 radical (unpaired) electrons. The molecule has 1 heterocycles. The number of halogens is 3. The summed E-state index contributed by atoms with van der Waals surface area (Å²) in [6, 6.07) is 5.29. The molecule has 0 saturated heterocycles. The van der Waals surface area contributed by atoms with Crippen molar-refractivity contribution in [3.05, 3.63) is 30.1 Å². The molecule has 26 heavy (non-hydrogen) atoms. The smallest absolute Gasteiger partial charge is 0.325 e. The predicted octanol–water partition coefficient (Wildman–Crippen LogP) is 1.60. The molecule has 1 aromatic carbocycles. The van der Waals surface area contributed by atoms with Crippen molar-refractivity contribution in [2.75, 3.05) is 5.32 Å². The molecule has 2 aromatic rings. The maximum atomic E-state index is 12.7. The molecular formula is C13H14F3N5O3S2. The number of nitrogens with zero attached hydrogens (tertiary/aromatic N) is 3. The highest BCUT2D eigenvalue weighted by molar-refractivity contribution is 8.00. The Kier molecular flexibility index (Phi) is 5.63. The first-order valence-corrected chi connectivity index (χ1v) is 9.39. The fourth-order valence-corrected chi connectivity index (χ4v) is 3.24. The summed E-state index contributed by atoms with van der Waals surface area (Å²) in [7, 11) is -2.79. The number of carbonyl (C=O) groups is 1. The zero-order valence-electron chi connectivity index (χ0n) is 13.5. The van der Waals surface area contributed by atoms with Crippen LogP contribution < -0.4 is 10.5 Å². The van der Waals surface area contributed by atoms with Gasteiger partial charge >= 0.3 is 6.18 Å². The van der Waals surface area contributed by atoms with Gasteiger partial charge in [-0.1, -0.05) is 17.8 Å². The van der Waals surface area contributed by atoms with Gasteiger partial charge in [0.1, 0.15) is 0 Å². The molecule has 1 aromatic heterocycles. The lowest BCUT2D eigenvalue weighted by molar-refractivity contribution is -0.147. The van der Waals surface area contributed by atoms with E-state index in [1.54, 1.807) is 0 Å². The molecule has 142 valence electrons. The van der Waals surface area contributed by atoms with Crippen LogP contribution in [0, 0.1) is 0 Å². The first-order valence-electron chi connectivity index (χ1n) is 6.96. The number of aromatic nitrogens is 3. The van der Waals surface area contributed by atoms with Crippen molar-refractivity contribution in [3.8, 4) is 0 Å². The minimum absolute atomic E-state index is 0.0849.